The van der Waals surface area contributed by atoms with Crippen molar-refractivity contribution in [3.05, 3.63) is 70.5 Å². The Morgan fingerprint density at radius 1 is 1.08 bits per heavy atom. The topological polar surface area (TPSA) is 97.1 Å². The number of carboxylic acid groups (broad SMARTS) is 1. The van der Waals surface area contributed by atoms with Crippen molar-refractivity contribution in [2.24, 2.45) is 0 Å². The minimum absolute atomic E-state index is 0.0850. The van der Waals surface area contributed by atoms with E-state index in [1.54, 1.807) is 25.1 Å². The molecule has 3 aromatic rings. The Hall–Kier alpha value is -3.48. The lowest BCUT2D eigenvalue weighted by atomic mass is 10.1. The predicted molar refractivity (Wildman–Crippen MR) is 96.9 cm³/mol. The summed E-state index contributed by atoms with van der Waals surface area (Å²) < 4.78 is 1.36. The number of para-hydroxylation sites is 1. The van der Waals surface area contributed by atoms with Crippen LogP contribution in [0.2, 0.25) is 0 Å². The van der Waals surface area contributed by atoms with Gasteiger partial charge in [-0.15, -0.1) is 5.10 Å². The number of nitrogens with one attached hydrogen (secondary N) is 1. The Kier molecular flexibility index (Phi) is 4.53. The average molecular weight is 350 g/mol. The number of hydrogen-bond acceptors (Lipinski definition) is 4. The molecule has 3 rings (SSSR count). The largest absolute Gasteiger partial charge is 0.478 e. The third-order valence-corrected chi connectivity index (χ3v) is 4.10. The van der Waals surface area contributed by atoms with E-state index in [-0.39, 0.29) is 11.3 Å². The van der Waals surface area contributed by atoms with Gasteiger partial charge in [0.25, 0.3) is 5.91 Å². The zero-order valence-corrected chi connectivity index (χ0v) is 14.6. The van der Waals surface area contributed by atoms with Crippen LogP contribution in [0.15, 0.2) is 42.5 Å². The third kappa shape index (κ3) is 3.19. The van der Waals surface area contributed by atoms with E-state index in [0.717, 1.165) is 11.1 Å². The highest BCUT2D eigenvalue weighted by Crippen LogP contribution is 2.20. The molecule has 1 amide bonds. The Morgan fingerprint density at radius 3 is 2.50 bits per heavy atom. The van der Waals surface area contributed by atoms with Crippen molar-refractivity contribution in [3.8, 4) is 5.69 Å². The fourth-order valence-corrected chi connectivity index (χ4v) is 2.74. The molecule has 0 fully saturated rings. The summed E-state index contributed by atoms with van der Waals surface area (Å²) in [4.78, 5) is 24.0. The van der Waals surface area contributed by atoms with E-state index in [9.17, 15) is 14.7 Å². The van der Waals surface area contributed by atoms with E-state index in [4.69, 9.17) is 0 Å². The van der Waals surface area contributed by atoms with Gasteiger partial charge in [-0.1, -0.05) is 35.0 Å². The standard InChI is InChI=1S/C19H18N4O3/c1-11-8-9-15(12(2)10-11)20-18(24)17-13(3)23(22-21-17)16-7-5-4-6-14(16)19(25)26/h4-10H,1-3H3,(H,20,24)(H,25,26). The number of carbonyl (C=O) groups excluding carboxylic acids is 1. The first-order chi connectivity index (χ1) is 12.4. The zero-order valence-electron chi connectivity index (χ0n) is 14.6. The van der Waals surface area contributed by atoms with Gasteiger partial charge in [0.15, 0.2) is 5.69 Å². The van der Waals surface area contributed by atoms with Crippen LogP contribution in [0.3, 0.4) is 0 Å². The molecule has 0 aliphatic heterocycles. The van der Waals surface area contributed by atoms with Crippen molar-refractivity contribution in [2.45, 2.75) is 20.8 Å². The predicted octanol–water partition coefficient (Wildman–Crippen LogP) is 3.14. The van der Waals surface area contributed by atoms with Gasteiger partial charge in [-0.05, 0) is 44.5 Å². The highest BCUT2D eigenvalue weighted by Gasteiger charge is 2.20. The number of aryl methyl sites for hydroxylation is 2. The summed E-state index contributed by atoms with van der Waals surface area (Å²) in [5, 5.41) is 20.1. The molecular formula is C19H18N4O3. The van der Waals surface area contributed by atoms with Crippen LogP contribution in [-0.4, -0.2) is 32.0 Å². The van der Waals surface area contributed by atoms with E-state index in [1.807, 2.05) is 32.0 Å². The Bertz CT molecular complexity index is 1010. The second kappa shape index (κ2) is 6.79. The first kappa shape index (κ1) is 17.3. The Morgan fingerprint density at radius 2 is 1.81 bits per heavy atom. The summed E-state index contributed by atoms with van der Waals surface area (Å²) in [5.41, 5.74) is 3.79. The van der Waals surface area contributed by atoms with E-state index in [0.29, 0.717) is 17.1 Å². The van der Waals surface area contributed by atoms with Crippen molar-refractivity contribution in [1.82, 2.24) is 15.0 Å². The van der Waals surface area contributed by atoms with Crippen LogP contribution in [0, 0.1) is 20.8 Å². The first-order valence-electron chi connectivity index (χ1n) is 8.02. The normalized spacial score (nSPS) is 10.6. The summed E-state index contributed by atoms with van der Waals surface area (Å²) in [6.45, 7) is 5.57. The SMILES string of the molecule is Cc1ccc(NC(=O)c2nnn(-c3ccccc3C(=O)O)c2C)c(C)c1. The van der Waals surface area contributed by atoms with E-state index < -0.39 is 11.9 Å². The van der Waals surface area contributed by atoms with Crippen molar-refractivity contribution in [3.63, 3.8) is 0 Å². The molecule has 132 valence electrons. The maximum Gasteiger partial charge on any atom is 0.337 e. The second-order valence-electron chi connectivity index (χ2n) is 6.03. The maximum absolute atomic E-state index is 12.6. The minimum Gasteiger partial charge on any atom is -0.478 e. The van der Waals surface area contributed by atoms with Crippen molar-refractivity contribution >= 4 is 17.6 Å². The van der Waals surface area contributed by atoms with Crippen LogP contribution in [0.5, 0.6) is 0 Å². The summed E-state index contributed by atoms with van der Waals surface area (Å²) in [6.07, 6.45) is 0. The van der Waals surface area contributed by atoms with Gasteiger partial charge in [0.05, 0.1) is 16.9 Å². The highest BCUT2D eigenvalue weighted by molar-refractivity contribution is 6.04. The highest BCUT2D eigenvalue weighted by atomic mass is 16.4. The monoisotopic (exact) mass is 350 g/mol. The number of anilines is 1. The van der Waals surface area contributed by atoms with E-state index in [2.05, 4.69) is 15.6 Å². The van der Waals surface area contributed by atoms with Crippen molar-refractivity contribution in [1.29, 1.82) is 0 Å². The molecule has 7 heteroatoms. The zero-order chi connectivity index (χ0) is 18.8. The molecule has 2 N–H and O–H groups in total. The average Bonchev–Trinajstić information content (AvgIpc) is 2.98. The maximum atomic E-state index is 12.6. The number of benzene rings is 2. The molecule has 0 spiro atoms. The molecule has 0 unspecified atom stereocenters. The minimum atomic E-state index is -1.07. The Balaban J connectivity index is 1.94. The number of carboxylic acids is 1. The van der Waals surface area contributed by atoms with Gasteiger partial charge >= 0.3 is 5.97 Å². The van der Waals surface area contributed by atoms with Gasteiger partial charge in [0.1, 0.15) is 0 Å². The fourth-order valence-electron chi connectivity index (χ4n) is 2.74. The molecule has 1 heterocycles. The van der Waals surface area contributed by atoms with Crippen LogP contribution in [-0.2, 0) is 0 Å². The first-order valence-corrected chi connectivity index (χ1v) is 8.02. The molecule has 0 saturated carbocycles. The molecule has 0 bridgehead atoms. The number of carbonyl (C=O) groups is 2. The molecule has 2 aromatic carbocycles. The van der Waals surface area contributed by atoms with Crippen LogP contribution in [0.1, 0.15) is 37.7 Å². The molecular weight excluding hydrogens is 332 g/mol. The molecule has 7 nitrogen and oxygen atoms in total. The Labute approximate surface area is 150 Å². The van der Waals surface area contributed by atoms with Crippen molar-refractivity contribution in [2.75, 3.05) is 5.32 Å². The van der Waals surface area contributed by atoms with Crippen molar-refractivity contribution < 1.29 is 14.7 Å². The number of aromatic carboxylic acids is 1. The molecule has 0 aliphatic carbocycles. The van der Waals surface area contributed by atoms with E-state index >= 15 is 0 Å². The number of amides is 1. The molecule has 0 atom stereocenters. The van der Waals surface area contributed by atoms with E-state index in [1.165, 1.54) is 10.7 Å². The van der Waals surface area contributed by atoms with Gasteiger partial charge < -0.3 is 10.4 Å². The van der Waals surface area contributed by atoms with Crippen LogP contribution in [0.25, 0.3) is 5.69 Å². The third-order valence-electron chi connectivity index (χ3n) is 4.10. The second-order valence-corrected chi connectivity index (χ2v) is 6.03. The van der Waals surface area contributed by atoms with Gasteiger partial charge in [-0.25, -0.2) is 9.48 Å². The van der Waals surface area contributed by atoms with Crippen LogP contribution >= 0.6 is 0 Å². The quantitative estimate of drug-likeness (QED) is 0.753. The lowest BCUT2D eigenvalue weighted by Crippen LogP contribution is -2.15. The summed E-state index contributed by atoms with van der Waals surface area (Å²) in [5.74, 6) is -1.47. The molecule has 0 radical (unpaired) electrons. The van der Waals surface area contributed by atoms with Gasteiger partial charge in [-0.2, -0.15) is 0 Å². The summed E-state index contributed by atoms with van der Waals surface area (Å²) >= 11 is 0. The number of nitrogens with zero attached hydrogens (tertiary/aromatic N) is 3. The number of aromatic nitrogens is 3. The van der Waals surface area contributed by atoms with Gasteiger partial charge in [0, 0.05) is 5.69 Å². The lowest BCUT2D eigenvalue weighted by molar-refractivity contribution is 0.0696. The van der Waals surface area contributed by atoms with Crippen LogP contribution in [0.4, 0.5) is 5.69 Å². The van der Waals surface area contributed by atoms with Gasteiger partial charge in [0.2, 0.25) is 0 Å². The molecule has 26 heavy (non-hydrogen) atoms. The number of rotatable bonds is 4. The van der Waals surface area contributed by atoms with Gasteiger partial charge in [-0.3, -0.25) is 4.79 Å². The van der Waals surface area contributed by atoms with Crippen LogP contribution < -0.4 is 5.32 Å². The molecule has 0 aliphatic rings. The smallest absolute Gasteiger partial charge is 0.337 e. The lowest BCUT2D eigenvalue weighted by Gasteiger charge is -2.09. The summed E-state index contributed by atoms with van der Waals surface area (Å²) in [7, 11) is 0. The number of hydrogen-bond donors (Lipinski definition) is 2. The fraction of sp³-hybridized carbons (Fsp3) is 0.158. The molecule has 1 aromatic heterocycles. The summed E-state index contributed by atoms with van der Waals surface area (Å²) in [6, 6.07) is 12.2. The molecule has 0 saturated heterocycles.